The Hall–Kier alpha value is -1.64. The molecular weight excluding hydrogens is 214 g/mol. The number of aliphatic imine (C=N–C) groups is 1. The molecule has 0 spiro atoms. The van der Waals surface area contributed by atoms with Gasteiger partial charge in [-0.2, -0.15) is 0 Å². The van der Waals surface area contributed by atoms with Crippen molar-refractivity contribution in [2.45, 2.75) is 39.2 Å². The van der Waals surface area contributed by atoms with Crippen LogP contribution in [0, 0.1) is 0 Å². The van der Waals surface area contributed by atoms with Crippen LogP contribution in [0.4, 0.5) is 5.69 Å². The first-order valence-corrected chi connectivity index (χ1v) is 5.85. The van der Waals surface area contributed by atoms with Gasteiger partial charge in [-0.3, -0.25) is 4.99 Å². The lowest BCUT2D eigenvalue weighted by Crippen LogP contribution is -2.24. The topological polar surface area (TPSA) is 38.7 Å². The summed E-state index contributed by atoms with van der Waals surface area (Å²) in [5.41, 5.74) is 2.08. The van der Waals surface area contributed by atoms with Crippen molar-refractivity contribution in [3.63, 3.8) is 0 Å². The third kappa shape index (κ3) is 2.73. The molecule has 2 rings (SSSR count). The Morgan fingerprint density at radius 1 is 1.35 bits per heavy atom. The second kappa shape index (κ2) is 4.32. The van der Waals surface area contributed by atoms with E-state index in [4.69, 9.17) is 4.74 Å². The van der Waals surface area contributed by atoms with Crippen LogP contribution >= 0.6 is 0 Å². The Labute approximate surface area is 102 Å². The van der Waals surface area contributed by atoms with E-state index < -0.39 is 5.60 Å². The molecule has 0 radical (unpaired) electrons. The Balaban J connectivity index is 2.33. The van der Waals surface area contributed by atoms with Crippen molar-refractivity contribution in [3.05, 3.63) is 29.3 Å². The standard InChI is InChI=1S/C14H17NO2/c1-14(2,3)17-13(16)11-6-4-8-12-10(11)7-5-9-15-12/h4,6,8-9H,5,7H2,1-3H3. The number of rotatable bonds is 1. The molecule has 0 unspecified atom stereocenters. The summed E-state index contributed by atoms with van der Waals surface area (Å²) in [5.74, 6) is -0.258. The van der Waals surface area contributed by atoms with Gasteiger partial charge in [0.15, 0.2) is 0 Å². The lowest BCUT2D eigenvalue weighted by atomic mass is 9.99. The Bertz CT molecular complexity index is 470. The normalized spacial score (nSPS) is 14.3. The van der Waals surface area contributed by atoms with E-state index in [0.717, 1.165) is 24.1 Å². The molecule has 1 aliphatic heterocycles. The van der Waals surface area contributed by atoms with E-state index in [9.17, 15) is 4.79 Å². The molecule has 1 heterocycles. The summed E-state index contributed by atoms with van der Waals surface area (Å²) in [5, 5.41) is 0. The average Bonchev–Trinajstić information content (AvgIpc) is 2.26. The van der Waals surface area contributed by atoms with Crippen LogP contribution in [-0.2, 0) is 11.2 Å². The molecule has 3 nitrogen and oxygen atoms in total. The minimum atomic E-state index is -0.461. The second-order valence-corrected chi connectivity index (χ2v) is 5.16. The number of hydrogen-bond donors (Lipinski definition) is 0. The SMILES string of the molecule is CC(C)(C)OC(=O)c1cccc2c1CCC=N2. The number of hydrogen-bond acceptors (Lipinski definition) is 3. The highest BCUT2D eigenvalue weighted by molar-refractivity contribution is 5.93. The zero-order valence-corrected chi connectivity index (χ0v) is 10.5. The van der Waals surface area contributed by atoms with Gasteiger partial charge in [-0.25, -0.2) is 4.79 Å². The van der Waals surface area contributed by atoms with Crippen LogP contribution in [0.2, 0.25) is 0 Å². The molecule has 0 fully saturated rings. The maximum atomic E-state index is 12.1. The molecule has 0 aliphatic carbocycles. The smallest absolute Gasteiger partial charge is 0.339 e. The maximum Gasteiger partial charge on any atom is 0.339 e. The second-order valence-electron chi connectivity index (χ2n) is 5.16. The van der Waals surface area contributed by atoms with Gasteiger partial charge in [0, 0.05) is 6.21 Å². The molecule has 0 N–H and O–H groups in total. The van der Waals surface area contributed by atoms with Gasteiger partial charge in [-0.1, -0.05) is 6.07 Å². The van der Waals surface area contributed by atoms with Crippen molar-refractivity contribution in [3.8, 4) is 0 Å². The number of carbonyl (C=O) groups is 1. The summed E-state index contributed by atoms with van der Waals surface area (Å²) >= 11 is 0. The highest BCUT2D eigenvalue weighted by Gasteiger charge is 2.22. The van der Waals surface area contributed by atoms with E-state index in [-0.39, 0.29) is 5.97 Å². The van der Waals surface area contributed by atoms with Crippen LogP contribution in [0.3, 0.4) is 0 Å². The number of benzene rings is 1. The molecule has 0 saturated carbocycles. The van der Waals surface area contributed by atoms with Crippen LogP contribution in [0.15, 0.2) is 23.2 Å². The fraction of sp³-hybridized carbons (Fsp3) is 0.429. The van der Waals surface area contributed by atoms with Crippen LogP contribution in [0.5, 0.6) is 0 Å². The largest absolute Gasteiger partial charge is 0.456 e. The third-order valence-electron chi connectivity index (χ3n) is 2.52. The minimum absolute atomic E-state index is 0.258. The van der Waals surface area contributed by atoms with E-state index in [1.54, 1.807) is 0 Å². The van der Waals surface area contributed by atoms with Crippen LogP contribution in [0.1, 0.15) is 43.1 Å². The molecule has 0 amide bonds. The molecule has 0 atom stereocenters. The monoisotopic (exact) mass is 231 g/mol. The van der Waals surface area contributed by atoms with E-state index >= 15 is 0 Å². The zero-order chi connectivity index (χ0) is 12.5. The van der Waals surface area contributed by atoms with Gasteiger partial charge in [0.25, 0.3) is 0 Å². The first-order chi connectivity index (χ1) is 7.97. The Morgan fingerprint density at radius 2 is 2.12 bits per heavy atom. The summed E-state index contributed by atoms with van der Waals surface area (Å²) in [6.07, 6.45) is 3.63. The van der Waals surface area contributed by atoms with Gasteiger partial charge in [-0.15, -0.1) is 0 Å². The highest BCUT2D eigenvalue weighted by Crippen LogP contribution is 2.28. The maximum absolute atomic E-state index is 12.1. The van der Waals surface area contributed by atoms with Gasteiger partial charge in [0.05, 0.1) is 11.3 Å². The van der Waals surface area contributed by atoms with E-state index in [0.29, 0.717) is 5.56 Å². The third-order valence-corrected chi connectivity index (χ3v) is 2.52. The number of carbonyl (C=O) groups excluding carboxylic acids is 1. The lowest BCUT2D eigenvalue weighted by Gasteiger charge is -2.21. The van der Waals surface area contributed by atoms with Gasteiger partial charge < -0.3 is 4.74 Å². The van der Waals surface area contributed by atoms with Gasteiger partial charge in [-0.05, 0) is 51.3 Å². The fourth-order valence-corrected chi connectivity index (χ4v) is 1.85. The van der Waals surface area contributed by atoms with E-state index in [2.05, 4.69) is 4.99 Å². The van der Waals surface area contributed by atoms with Gasteiger partial charge in [0.1, 0.15) is 5.60 Å². The number of ether oxygens (including phenoxy) is 1. The molecule has 90 valence electrons. The predicted octanol–water partition coefficient (Wildman–Crippen LogP) is 3.29. The zero-order valence-electron chi connectivity index (χ0n) is 10.5. The summed E-state index contributed by atoms with van der Waals surface area (Å²) in [6, 6.07) is 5.59. The first-order valence-electron chi connectivity index (χ1n) is 5.85. The Morgan fingerprint density at radius 3 is 2.82 bits per heavy atom. The quantitative estimate of drug-likeness (QED) is 0.696. The summed E-state index contributed by atoms with van der Waals surface area (Å²) in [6.45, 7) is 5.62. The number of nitrogens with zero attached hydrogens (tertiary/aromatic N) is 1. The molecular formula is C14H17NO2. The molecule has 1 aromatic carbocycles. The molecule has 1 aromatic rings. The molecule has 17 heavy (non-hydrogen) atoms. The molecule has 0 saturated heterocycles. The van der Waals surface area contributed by atoms with Crippen molar-refractivity contribution < 1.29 is 9.53 Å². The van der Waals surface area contributed by atoms with Crippen LogP contribution < -0.4 is 0 Å². The minimum Gasteiger partial charge on any atom is -0.456 e. The lowest BCUT2D eigenvalue weighted by molar-refractivity contribution is 0.00684. The summed E-state index contributed by atoms with van der Waals surface area (Å²) < 4.78 is 5.40. The van der Waals surface area contributed by atoms with Crippen LogP contribution in [0.25, 0.3) is 0 Å². The Kier molecular flexibility index (Phi) is 3.01. The number of esters is 1. The van der Waals surface area contributed by atoms with Gasteiger partial charge in [0.2, 0.25) is 0 Å². The molecule has 0 bridgehead atoms. The molecule has 3 heteroatoms. The summed E-state index contributed by atoms with van der Waals surface area (Å²) in [4.78, 5) is 16.4. The van der Waals surface area contributed by atoms with Crippen molar-refractivity contribution >= 4 is 17.9 Å². The average molecular weight is 231 g/mol. The van der Waals surface area contributed by atoms with Crippen LogP contribution in [-0.4, -0.2) is 17.8 Å². The highest BCUT2D eigenvalue weighted by atomic mass is 16.6. The van der Waals surface area contributed by atoms with Crippen molar-refractivity contribution in [1.82, 2.24) is 0 Å². The molecule has 1 aliphatic rings. The van der Waals surface area contributed by atoms with Crippen molar-refractivity contribution in [1.29, 1.82) is 0 Å². The first kappa shape index (κ1) is 11.8. The van der Waals surface area contributed by atoms with Crippen molar-refractivity contribution in [2.75, 3.05) is 0 Å². The summed E-state index contributed by atoms with van der Waals surface area (Å²) in [7, 11) is 0. The van der Waals surface area contributed by atoms with E-state index in [1.807, 2.05) is 45.2 Å². The number of fused-ring (bicyclic) bond motifs is 1. The molecule has 0 aromatic heterocycles. The predicted molar refractivity (Wildman–Crippen MR) is 68.1 cm³/mol. The van der Waals surface area contributed by atoms with Gasteiger partial charge >= 0.3 is 5.97 Å². The van der Waals surface area contributed by atoms with E-state index in [1.165, 1.54) is 0 Å². The van der Waals surface area contributed by atoms with Crippen molar-refractivity contribution in [2.24, 2.45) is 4.99 Å². The fourth-order valence-electron chi connectivity index (χ4n) is 1.85.